The molecule has 13 aromatic rings. The van der Waals surface area contributed by atoms with Crippen LogP contribution in [0.1, 0.15) is 25.0 Å². The van der Waals surface area contributed by atoms with Gasteiger partial charge in [-0.05, 0) is 163 Å². The quantitative estimate of drug-likeness (QED) is 0.128. The van der Waals surface area contributed by atoms with Gasteiger partial charge >= 0.3 is 0 Å². The normalized spacial score (nSPS) is 13.3. The van der Waals surface area contributed by atoms with E-state index in [1.54, 1.807) is 0 Å². The minimum absolute atomic E-state index is 0.0861. The van der Waals surface area contributed by atoms with Gasteiger partial charge in [-0.3, -0.25) is 0 Å². The van der Waals surface area contributed by atoms with Crippen molar-refractivity contribution in [3.63, 3.8) is 0 Å². The molecule has 0 amide bonds. The summed E-state index contributed by atoms with van der Waals surface area (Å²) in [4.78, 5) is 0. The summed E-state index contributed by atoms with van der Waals surface area (Å²) in [5.74, 6) is 0. The van der Waals surface area contributed by atoms with Crippen LogP contribution in [0.3, 0.4) is 0 Å². The molecule has 0 saturated carbocycles. The predicted molar refractivity (Wildman–Crippen MR) is 273 cm³/mol. The van der Waals surface area contributed by atoms with E-state index in [1.165, 1.54) is 120 Å². The minimum Gasteiger partial charge on any atom is -0.456 e. The van der Waals surface area contributed by atoms with E-state index in [0.717, 1.165) is 21.9 Å². The zero-order valence-electron chi connectivity index (χ0n) is 35.5. The molecule has 0 bridgehead atoms. The van der Waals surface area contributed by atoms with Crippen molar-refractivity contribution in [2.45, 2.75) is 19.3 Å². The van der Waals surface area contributed by atoms with Gasteiger partial charge in [0.15, 0.2) is 0 Å². The predicted octanol–water partition coefficient (Wildman–Crippen LogP) is 17.8. The minimum atomic E-state index is -0.0861. The van der Waals surface area contributed by atoms with Gasteiger partial charge in [-0.15, -0.1) is 0 Å². The second kappa shape index (κ2) is 13.0. The Labute approximate surface area is 370 Å². The molecule has 12 aromatic carbocycles. The van der Waals surface area contributed by atoms with E-state index < -0.39 is 0 Å². The van der Waals surface area contributed by atoms with Gasteiger partial charge in [0, 0.05) is 16.2 Å². The van der Waals surface area contributed by atoms with Crippen molar-refractivity contribution >= 4 is 86.6 Å². The van der Waals surface area contributed by atoms with E-state index in [2.05, 4.69) is 220 Å². The van der Waals surface area contributed by atoms with Crippen molar-refractivity contribution in [2.24, 2.45) is 0 Å². The molecule has 14 rings (SSSR count). The van der Waals surface area contributed by atoms with E-state index in [1.807, 2.05) is 0 Å². The number of furan rings is 1. The Bertz CT molecular complexity index is 4100. The fourth-order valence-corrected chi connectivity index (χ4v) is 11.6. The van der Waals surface area contributed by atoms with Crippen LogP contribution in [0, 0.1) is 0 Å². The molecule has 0 aliphatic heterocycles. The molecule has 1 aromatic heterocycles. The molecule has 0 radical (unpaired) electrons. The molecule has 0 unspecified atom stereocenters. The van der Waals surface area contributed by atoms with Crippen LogP contribution in [0.25, 0.3) is 131 Å². The van der Waals surface area contributed by atoms with Crippen LogP contribution >= 0.6 is 0 Å². The smallest absolute Gasteiger partial charge is 0.135 e. The fraction of sp³-hybridized carbons (Fsp3) is 0.0476. The van der Waals surface area contributed by atoms with Crippen LogP contribution in [0.15, 0.2) is 211 Å². The Hall–Kier alpha value is -8.00. The summed E-state index contributed by atoms with van der Waals surface area (Å²) in [5.41, 5.74) is 14.5. The van der Waals surface area contributed by atoms with Gasteiger partial charge in [-0.1, -0.05) is 178 Å². The first-order valence-corrected chi connectivity index (χ1v) is 22.4. The number of hydrogen-bond donors (Lipinski definition) is 0. The van der Waals surface area contributed by atoms with Crippen LogP contribution in [0.4, 0.5) is 0 Å². The summed E-state index contributed by atoms with van der Waals surface area (Å²) in [6.45, 7) is 4.75. The lowest BCUT2D eigenvalue weighted by Gasteiger charge is -2.23. The lowest BCUT2D eigenvalue weighted by molar-refractivity contribution is 0.666. The lowest BCUT2D eigenvalue weighted by atomic mass is 9.80. The van der Waals surface area contributed by atoms with E-state index in [4.69, 9.17) is 4.42 Å². The van der Waals surface area contributed by atoms with Gasteiger partial charge in [-0.2, -0.15) is 0 Å². The fourth-order valence-electron chi connectivity index (χ4n) is 11.6. The van der Waals surface area contributed by atoms with E-state index in [9.17, 15) is 0 Å². The number of fused-ring (bicyclic) bond motifs is 14. The second-order valence-electron chi connectivity index (χ2n) is 18.3. The summed E-state index contributed by atoms with van der Waals surface area (Å²) >= 11 is 0. The average Bonchev–Trinajstić information content (AvgIpc) is 3.82. The second-order valence-corrected chi connectivity index (χ2v) is 18.3. The molecule has 0 N–H and O–H groups in total. The molecule has 0 atom stereocenters. The zero-order valence-corrected chi connectivity index (χ0v) is 35.5. The van der Waals surface area contributed by atoms with Gasteiger partial charge in [0.1, 0.15) is 11.2 Å². The molecule has 1 aliphatic carbocycles. The lowest BCUT2D eigenvalue weighted by Crippen LogP contribution is -2.15. The SMILES string of the molecule is CC1(C)c2ccc(-c3ccc4oc5ccc(-c6c7ccccc7c(-c7cccc8c7ccc7cc9ccccc9cc78)c7ccccc67)cc5c4c3)cc2-c2ccc3ccccc3c21. The molecule has 0 fully saturated rings. The summed E-state index contributed by atoms with van der Waals surface area (Å²) in [6, 6.07) is 76.8. The van der Waals surface area contributed by atoms with E-state index in [0.29, 0.717) is 0 Å². The van der Waals surface area contributed by atoms with Crippen molar-refractivity contribution in [3.8, 4) is 44.5 Å². The van der Waals surface area contributed by atoms with Crippen LogP contribution in [0.2, 0.25) is 0 Å². The van der Waals surface area contributed by atoms with Crippen molar-refractivity contribution in [1.29, 1.82) is 0 Å². The van der Waals surface area contributed by atoms with Crippen LogP contribution in [-0.4, -0.2) is 0 Å². The Morgan fingerprint density at radius 3 is 1.59 bits per heavy atom. The molecule has 1 heterocycles. The highest BCUT2D eigenvalue weighted by molar-refractivity contribution is 6.26. The van der Waals surface area contributed by atoms with Crippen molar-refractivity contribution < 1.29 is 4.42 Å². The Morgan fingerprint density at radius 1 is 0.297 bits per heavy atom. The van der Waals surface area contributed by atoms with Crippen molar-refractivity contribution in [3.05, 3.63) is 217 Å². The summed E-state index contributed by atoms with van der Waals surface area (Å²) < 4.78 is 6.57. The third-order valence-electron chi connectivity index (χ3n) is 14.6. The van der Waals surface area contributed by atoms with Gasteiger partial charge in [0.2, 0.25) is 0 Å². The van der Waals surface area contributed by atoms with Crippen LogP contribution < -0.4 is 0 Å². The number of rotatable bonds is 3. The maximum atomic E-state index is 6.57. The highest BCUT2D eigenvalue weighted by Crippen LogP contribution is 2.53. The maximum Gasteiger partial charge on any atom is 0.135 e. The first-order valence-electron chi connectivity index (χ1n) is 22.4. The summed E-state index contributed by atoms with van der Waals surface area (Å²) in [6.07, 6.45) is 0. The standard InChI is InChI=1S/C63H40O/c1-63(2)57-29-24-40(34-54(57)52-28-22-37-12-5-6-15-44(37)62(52)63)41-25-30-58-55(35-41)56-36-43(26-31-59(56)64-58)60-48-16-7-9-18-50(48)61(51-19-10-8-17-49(51)60)47-21-11-20-45-46(47)27-23-42-32-38-13-3-4-14-39(38)33-53(42)45/h3-36H,1-2H3. The topological polar surface area (TPSA) is 13.1 Å². The van der Waals surface area contributed by atoms with Gasteiger partial charge in [0.25, 0.3) is 0 Å². The number of benzene rings is 12. The van der Waals surface area contributed by atoms with Crippen LogP contribution in [0.5, 0.6) is 0 Å². The molecule has 64 heavy (non-hydrogen) atoms. The molecule has 1 aliphatic rings. The molecule has 1 nitrogen and oxygen atoms in total. The summed E-state index contributed by atoms with van der Waals surface area (Å²) in [5, 5.41) is 17.5. The first-order chi connectivity index (χ1) is 31.5. The monoisotopic (exact) mass is 812 g/mol. The molecule has 0 spiro atoms. The van der Waals surface area contributed by atoms with Crippen molar-refractivity contribution in [1.82, 2.24) is 0 Å². The van der Waals surface area contributed by atoms with Gasteiger partial charge in [0.05, 0.1) is 0 Å². The third-order valence-corrected chi connectivity index (χ3v) is 14.6. The molecular formula is C63H40O. The largest absolute Gasteiger partial charge is 0.456 e. The van der Waals surface area contributed by atoms with Crippen molar-refractivity contribution in [2.75, 3.05) is 0 Å². The zero-order chi connectivity index (χ0) is 42.3. The van der Waals surface area contributed by atoms with Gasteiger partial charge in [-0.25, -0.2) is 0 Å². The molecular weight excluding hydrogens is 773 g/mol. The number of hydrogen-bond acceptors (Lipinski definition) is 1. The van der Waals surface area contributed by atoms with E-state index >= 15 is 0 Å². The Kier molecular flexibility index (Phi) is 7.24. The highest BCUT2D eigenvalue weighted by atomic mass is 16.3. The first kappa shape index (κ1) is 35.6. The molecule has 298 valence electrons. The molecule has 1 heteroatoms. The summed E-state index contributed by atoms with van der Waals surface area (Å²) in [7, 11) is 0. The van der Waals surface area contributed by atoms with E-state index in [-0.39, 0.29) is 5.41 Å². The molecule has 0 saturated heterocycles. The Morgan fingerprint density at radius 2 is 0.859 bits per heavy atom. The van der Waals surface area contributed by atoms with Crippen LogP contribution in [-0.2, 0) is 5.41 Å². The average molecular weight is 813 g/mol. The highest BCUT2D eigenvalue weighted by Gasteiger charge is 2.37. The Balaban J connectivity index is 0.941. The maximum absolute atomic E-state index is 6.57. The third kappa shape index (κ3) is 4.95. The van der Waals surface area contributed by atoms with Gasteiger partial charge < -0.3 is 4.42 Å².